The average molecular weight is 245 g/mol. The summed E-state index contributed by atoms with van der Waals surface area (Å²) < 4.78 is 1.51. The molecule has 1 aliphatic carbocycles. The number of hydrogen-bond donors (Lipinski definition) is 1. The maximum absolute atomic E-state index is 3.32. The van der Waals surface area contributed by atoms with E-state index < -0.39 is 0 Å². The summed E-state index contributed by atoms with van der Waals surface area (Å²) in [7, 11) is 2.04. The van der Waals surface area contributed by atoms with Crippen LogP contribution in [0.3, 0.4) is 0 Å². The summed E-state index contributed by atoms with van der Waals surface area (Å²) in [6, 6.07) is 4.54. The van der Waals surface area contributed by atoms with Crippen LogP contribution in [-0.2, 0) is 6.54 Å². The van der Waals surface area contributed by atoms with E-state index in [1.165, 1.54) is 28.7 Å². The van der Waals surface area contributed by atoms with E-state index in [1.807, 2.05) is 18.4 Å². The molecule has 1 aliphatic rings. The predicted molar refractivity (Wildman–Crippen MR) is 76.0 cm³/mol. The third kappa shape index (κ3) is 1.80. The highest BCUT2D eigenvalue weighted by molar-refractivity contribution is 7.19. The molecule has 3 rings (SSSR count). The topological polar surface area (TPSA) is 12.0 Å². The molecule has 0 radical (unpaired) electrons. The molecule has 1 nitrogen and oxygen atoms in total. The Bertz CT molecular complexity index is 564. The minimum absolute atomic E-state index is 0.840. The molecule has 17 heavy (non-hydrogen) atoms. The minimum Gasteiger partial charge on any atom is -0.315 e. The van der Waals surface area contributed by atoms with Crippen LogP contribution in [0.5, 0.6) is 0 Å². The molecule has 1 heterocycles. The second-order valence-corrected chi connectivity index (χ2v) is 6.25. The SMILES string of the molecule is CNCc1sc2c(C)ccc(C)c2c1C1CC1. The van der Waals surface area contributed by atoms with E-state index in [2.05, 4.69) is 31.3 Å². The van der Waals surface area contributed by atoms with Gasteiger partial charge in [0.25, 0.3) is 0 Å². The summed E-state index contributed by atoms with van der Waals surface area (Å²) in [6.07, 6.45) is 2.77. The third-order valence-corrected chi connectivity index (χ3v) is 5.02. The van der Waals surface area contributed by atoms with Crippen molar-refractivity contribution in [3.8, 4) is 0 Å². The Morgan fingerprint density at radius 3 is 2.59 bits per heavy atom. The highest BCUT2D eigenvalue weighted by Gasteiger charge is 2.30. The third-order valence-electron chi connectivity index (χ3n) is 3.68. The van der Waals surface area contributed by atoms with Crippen molar-refractivity contribution in [2.75, 3.05) is 7.05 Å². The molecular weight excluding hydrogens is 226 g/mol. The van der Waals surface area contributed by atoms with Crippen LogP contribution in [0.2, 0.25) is 0 Å². The van der Waals surface area contributed by atoms with Gasteiger partial charge in [0, 0.05) is 16.1 Å². The highest BCUT2D eigenvalue weighted by atomic mass is 32.1. The van der Waals surface area contributed by atoms with E-state index >= 15 is 0 Å². The molecule has 1 aromatic carbocycles. The van der Waals surface area contributed by atoms with Crippen LogP contribution in [0, 0.1) is 13.8 Å². The zero-order valence-corrected chi connectivity index (χ0v) is 11.6. The second kappa shape index (κ2) is 4.11. The molecule has 0 saturated heterocycles. The Labute approximate surface area is 107 Å². The van der Waals surface area contributed by atoms with Gasteiger partial charge in [-0.25, -0.2) is 0 Å². The fraction of sp³-hybridized carbons (Fsp3) is 0.467. The largest absolute Gasteiger partial charge is 0.315 e. The molecule has 1 aromatic heterocycles. The van der Waals surface area contributed by atoms with E-state index in [1.54, 1.807) is 15.8 Å². The zero-order valence-electron chi connectivity index (χ0n) is 10.8. The summed E-state index contributed by atoms with van der Waals surface area (Å²) in [5.74, 6) is 0.840. The van der Waals surface area contributed by atoms with Gasteiger partial charge >= 0.3 is 0 Å². The molecule has 0 unspecified atom stereocenters. The lowest BCUT2D eigenvalue weighted by Crippen LogP contribution is -2.05. The first kappa shape index (κ1) is 11.2. The van der Waals surface area contributed by atoms with Crippen molar-refractivity contribution in [2.45, 2.75) is 39.2 Å². The zero-order chi connectivity index (χ0) is 12.0. The molecule has 0 atom stereocenters. The summed E-state index contributed by atoms with van der Waals surface area (Å²) >= 11 is 2.00. The first-order chi connectivity index (χ1) is 8.22. The maximum Gasteiger partial charge on any atom is 0.0381 e. The second-order valence-electron chi connectivity index (χ2n) is 5.15. The van der Waals surface area contributed by atoms with Crippen LogP contribution in [0.1, 0.15) is 40.3 Å². The Hall–Kier alpha value is -0.860. The van der Waals surface area contributed by atoms with Gasteiger partial charge in [0.15, 0.2) is 0 Å². The summed E-state index contributed by atoms with van der Waals surface area (Å²) in [5.41, 5.74) is 4.53. The van der Waals surface area contributed by atoms with Crippen LogP contribution in [0.15, 0.2) is 12.1 Å². The molecule has 0 spiro atoms. The van der Waals surface area contributed by atoms with Gasteiger partial charge in [-0.3, -0.25) is 0 Å². The number of thiophene rings is 1. The van der Waals surface area contributed by atoms with Gasteiger partial charge in [0.1, 0.15) is 0 Å². The average Bonchev–Trinajstić information content (AvgIpc) is 3.06. The quantitative estimate of drug-likeness (QED) is 0.858. The summed E-state index contributed by atoms with van der Waals surface area (Å²) in [6.45, 7) is 5.51. The number of aryl methyl sites for hydroxylation is 2. The van der Waals surface area contributed by atoms with Gasteiger partial charge in [-0.15, -0.1) is 11.3 Å². The molecule has 1 saturated carbocycles. The maximum atomic E-state index is 3.32. The highest BCUT2D eigenvalue weighted by Crippen LogP contribution is 2.49. The van der Waals surface area contributed by atoms with Gasteiger partial charge < -0.3 is 5.32 Å². The number of fused-ring (bicyclic) bond motifs is 1. The molecule has 2 aromatic rings. The van der Waals surface area contributed by atoms with Crippen molar-refractivity contribution < 1.29 is 0 Å². The first-order valence-electron chi connectivity index (χ1n) is 6.38. The molecule has 0 amide bonds. The van der Waals surface area contributed by atoms with E-state index in [0.29, 0.717) is 0 Å². The Balaban J connectivity index is 2.30. The fourth-order valence-corrected chi connectivity index (χ4v) is 4.11. The standard InChI is InChI=1S/C15H19NS/c1-9-4-5-10(2)15-13(9)14(11-6-7-11)12(17-15)8-16-3/h4-5,11,16H,6-8H2,1-3H3. The molecule has 90 valence electrons. The van der Waals surface area contributed by atoms with E-state index in [4.69, 9.17) is 0 Å². The van der Waals surface area contributed by atoms with Crippen molar-refractivity contribution in [3.05, 3.63) is 33.7 Å². The van der Waals surface area contributed by atoms with Crippen molar-refractivity contribution in [3.63, 3.8) is 0 Å². The van der Waals surface area contributed by atoms with Crippen molar-refractivity contribution in [2.24, 2.45) is 0 Å². The molecule has 0 bridgehead atoms. The van der Waals surface area contributed by atoms with Crippen molar-refractivity contribution in [1.29, 1.82) is 0 Å². The van der Waals surface area contributed by atoms with Crippen LogP contribution in [-0.4, -0.2) is 7.05 Å². The lowest BCUT2D eigenvalue weighted by molar-refractivity contribution is 0.821. The van der Waals surface area contributed by atoms with Crippen LogP contribution < -0.4 is 5.32 Å². The molecule has 0 aliphatic heterocycles. The van der Waals surface area contributed by atoms with Crippen LogP contribution >= 0.6 is 11.3 Å². The molecule has 1 fully saturated rings. The number of benzene rings is 1. The molecular formula is C15H19NS. The predicted octanol–water partition coefficient (Wildman–Crippen LogP) is 4.11. The number of nitrogens with one attached hydrogen (secondary N) is 1. The number of hydrogen-bond acceptors (Lipinski definition) is 2. The lowest BCUT2D eigenvalue weighted by atomic mass is 10.00. The van der Waals surface area contributed by atoms with Gasteiger partial charge in [-0.2, -0.15) is 0 Å². The van der Waals surface area contributed by atoms with Crippen LogP contribution in [0.4, 0.5) is 0 Å². The summed E-state index contributed by atoms with van der Waals surface area (Å²) in [5, 5.41) is 4.88. The van der Waals surface area contributed by atoms with Gasteiger partial charge in [-0.1, -0.05) is 12.1 Å². The van der Waals surface area contributed by atoms with E-state index in [9.17, 15) is 0 Å². The van der Waals surface area contributed by atoms with Crippen LogP contribution in [0.25, 0.3) is 10.1 Å². The van der Waals surface area contributed by atoms with E-state index in [-0.39, 0.29) is 0 Å². The number of rotatable bonds is 3. The smallest absolute Gasteiger partial charge is 0.0381 e. The van der Waals surface area contributed by atoms with Gasteiger partial charge in [-0.05, 0) is 61.7 Å². The Morgan fingerprint density at radius 1 is 1.24 bits per heavy atom. The van der Waals surface area contributed by atoms with E-state index in [0.717, 1.165) is 12.5 Å². The first-order valence-corrected chi connectivity index (χ1v) is 7.20. The molecule has 2 heteroatoms. The van der Waals surface area contributed by atoms with Gasteiger partial charge in [0.05, 0.1) is 0 Å². The lowest BCUT2D eigenvalue weighted by Gasteiger charge is -2.05. The van der Waals surface area contributed by atoms with Gasteiger partial charge in [0.2, 0.25) is 0 Å². The normalized spacial score (nSPS) is 15.7. The fourth-order valence-electron chi connectivity index (χ4n) is 2.66. The summed E-state index contributed by atoms with van der Waals surface area (Å²) in [4.78, 5) is 1.56. The Morgan fingerprint density at radius 2 is 1.94 bits per heavy atom. The molecule has 1 N–H and O–H groups in total. The van der Waals surface area contributed by atoms with Crippen molar-refractivity contribution >= 4 is 21.4 Å². The Kier molecular flexibility index (Phi) is 2.72. The minimum atomic E-state index is 0.840. The monoisotopic (exact) mass is 245 g/mol. The van der Waals surface area contributed by atoms with Crippen molar-refractivity contribution in [1.82, 2.24) is 5.32 Å².